The number of allylic oxidation sites excluding steroid dienone is 3. The molecule has 0 aliphatic carbocycles. The van der Waals surface area contributed by atoms with Crippen molar-refractivity contribution >= 4 is 16.6 Å². The van der Waals surface area contributed by atoms with E-state index in [9.17, 15) is 9.18 Å². The number of nitrogens with one attached hydrogen (secondary N) is 1. The highest BCUT2D eigenvalue weighted by molar-refractivity contribution is 5.87. The van der Waals surface area contributed by atoms with E-state index in [1.165, 1.54) is 16.6 Å². The molecule has 5 N–H and O–H groups in total. The Morgan fingerprint density at radius 3 is 2.65 bits per heavy atom. The molecule has 0 atom stereocenters. The van der Waals surface area contributed by atoms with Gasteiger partial charge in [0.25, 0.3) is 5.56 Å². The van der Waals surface area contributed by atoms with Crippen molar-refractivity contribution < 1.29 is 4.39 Å². The van der Waals surface area contributed by atoms with Crippen molar-refractivity contribution in [2.24, 2.45) is 18.5 Å². The van der Waals surface area contributed by atoms with E-state index >= 15 is 0 Å². The predicted molar refractivity (Wildman–Crippen MR) is 126 cm³/mol. The minimum atomic E-state index is -0.121. The maximum absolute atomic E-state index is 12.8. The molecule has 0 amide bonds. The van der Waals surface area contributed by atoms with Crippen molar-refractivity contribution in [1.82, 2.24) is 14.5 Å². The number of halogens is 1. The van der Waals surface area contributed by atoms with E-state index in [-0.39, 0.29) is 5.56 Å². The molecule has 7 heteroatoms. The van der Waals surface area contributed by atoms with Gasteiger partial charge in [-0.05, 0) is 62.2 Å². The van der Waals surface area contributed by atoms with Crippen LogP contribution in [0, 0.1) is 0 Å². The summed E-state index contributed by atoms with van der Waals surface area (Å²) in [6, 6.07) is 9.63. The Hall–Kier alpha value is -3.32. The van der Waals surface area contributed by atoms with Gasteiger partial charge in [0.05, 0.1) is 18.4 Å². The topological polar surface area (TPSA) is 91.0 Å². The Balaban J connectivity index is 0.00000132. The molecule has 1 aliphatic heterocycles. The average molecular weight is 424 g/mol. The number of fused-ring (bicyclic) bond motifs is 3. The second-order valence-electron chi connectivity index (χ2n) is 7.62. The largest absolute Gasteiger partial charge is 0.402 e. The summed E-state index contributed by atoms with van der Waals surface area (Å²) in [5, 5.41) is 4.75. The van der Waals surface area contributed by atoms with Gasteiger partial charge in [-0.1, -0.05) is 6.07 Å². The molecule has 1 aromatic carbocycles. The second-order valence-corrected chi connectivity index (χ2v) is 7.62. The summed E-state index contributed by atoms with van der Waals surface area (Å²) >= 11 is 0. The number of hydrogen-bond donors (Lipinski definition) is 3. The highest BCUT2D eigenvalue weighted by atomic mass is 19.1. The smallest absolute Gasteiger partial charge is 0.255 e. The fraction of sp³-hybridized carbons (Fsp3) is 0.292. The van der Waals surface area contributed by atoms with E-state index in [0.717, 1.165) is 37.1 Å². The Labute approximate surface area is 181 Å². The van der Waals surface area contributed by atoms with Gasteiger partial charge in [0.15, 0.2) is 0 Å². The normalized spacial score (nSPS) is 14.6. The van der Waals surface area contributed by atoms with Crippen molar-refractivity contribution in [3.8, 4) is 5.69 Å². The number of nitrogens with two attached hydrogens (primary N) is 2. The molecule has 4 rings (SSSR count). The molecule has 1 aliphatic rings. The van der Waals surface area contributed by atoms with E-state index in [1.807, 2.05) is 12.1 Å². The molecule has 0 saturated carbocycles. The zero-order valence-electron chi connectivity index (χ0n) is 18.3. The zero-order chi connectivity index (χ0) is 22.5. The molecule has 164 valence electrons. The van der Waals surface area contributed by atoms with Crippen LogP contribution in [0.1, 0.15) is 30.2 Å². The maximum atomic E-state index is 12.8. The van der Waals surface area contributed by atoms with E-state index in [1.54, 1.807) is 35.9 Å². The number of pyridine rings is 1. The maximum Gasteiger partial charge on any atom is 0.255 e. The lowest BCUT2D eigenvalue weighted by atomic mass is 10.1. The van der Waals surface area contributed by atoms with Gasteiger partial charge in [0, 0.05) is 53.9 Å². The van der Waals surface area contributed by atoms with Crippen LogP contribution in [0.5, 0.6) is 0 Å². The van der Waals surface area contributed by atoms with Crippen LogP contribution in [0.4, 0.5) is 4.39 Å². The van der Waals surface area contributed by atoms with E-state index in [0.29, 0.717) is 24.1 Å². The van der Waals surface area contributed by atoms with Gasteiger partial charge < -0.3 is 21.4 Å². The molecule has 31 heavy (non-hydrogen) atoms. The third kappa shape index (κ3) is 4.56. The van der Waals surface area contributed by atoms with Crippen molar-refractivity contribution in [1.29, 1.82) is 0 Å². The molecule has 3 heterocycles. The van der Waals surface area contributed by atoms with Gasteiger partial charge in [-0.3, -0.25) is 13.8 Å². The third-order valence-electron chi connectivity index (χ3n) is 5.55. The number of aromatic nitrogens is 2. The van der Waals surface area contributed by atoms with Crippen molar-refractivity contribution in [2.75, 3.05) is 13.7 Å². The van der Waals surface area contributed by atoms with Gasteiger partial charge in [0.1, 0.15) is 0 Å². The molecule has 6 nitrogen and oxygen atoms in total. The predicted octanol–water partition coefficient (Wildman–Crippen LogP) is 3.11. The molecule has 2 aromatic heterocycles. The Kier molecular flexibility index (Phi) is 6.97. The summed E-state index contributed by atoms with van der Waals surface area (Å²) in [5.41, 5.74) is 18.2. The van der Waals surface area contributed by atoms with E-state index in [2.05, 4.69) is 29.1 Å². The van der Waals surface area contributed by atoms with Crippen molar-refractivity contribution in [2.45, 2.75) is 26.3 Å². The van der Waals surface area contributed by atoms with Crippen LogP contribution in [0.2, 0.25) is 0 Å². The molecule has 0 saturated heterocycles. The van der Waals surface area contributed by atoms with Gasteiger partial charge in [-0.15, -0.1) is 0 Å². The number of nitrogens with zero attached hydrogens (tertiary/aromatic N) is 2. The summed E-state index contributed by atoms with van der Waals surface area (Å²) in [6.45, 7) is 3.73. The Morgan fingerprint density at radius 2 is 1.94 bits per heavy atom. The average Bonchev–Trinajstić information content (AvgIpc) is 2.92. The molecular formula is C24H30FN5O. The number of rotatable bonds is 3. The highest BCUT2D eigenvalue weighted by Crippen LogP contribution is 2.29. The monoisotopic (exact) mass is 423 g/mol. The summed E-state index contributed by atoms with van der Waals surface area (Å²) < 4.78 is 13.4. The van der Waals surface area contributed by atoms with Crippen LogP contribution in [0.25, 0.3) is 22.3 Å². The quantitative estimate of drug-likeness (QED) is 0.565. The highest BCUT2D eigenvalue weighted by Gasteiger charge is 2.17. The molecule has 3 aromatic rings. The number of aryl methyl sites for hydroxylation is 1. The van der Waals surface area contributed by atoms with Crippen LogP contribution >= 0.6 is 0 Å². The summed E-state index contributed by atoms with van der Waals surface area (Å²) in [7, 11) is 2.61. The van der Waals surface area contributed by atoms with Crippen LogP contribution in [0.15, 0.2) is 59.2 Å². The molecular weight excluding hydrogens is 393 g/mol. The van der Waals surface area contributed by atoms with Crippen molar-refractivity contribution in [3.63, 3.8) is 0 Å². The van der Waals surface area contributed by atoms with Gasteiger partial charge in [-0.25, -0.2) is 0 Å². The minimum absolute atomic E-state index is 0.121. The fourth-order valence-corrected chi connectivity index (χ4v) is 4.01. The van der Waals surface area contributed by atoms with Gasteiger partial charge in [0.2, 0.25) is 0 Å². The number of benzene rings is 1. The van der Waals surface area contributed by atoms with E-state index < -0.39 is 0 Å². The van der Waals surface area contributed by atoms with Gasteiger partial charge >= 0.3 is 0 Å². The first-order chi connectivity index (χ1) is 15.0. The SMILES string of the molecule is C/C(N)=C/C=C(\N)c1ccn(-c2ccc3c4c(n(C)c3c2)CCCNC4)c(=O)c1.CF. The lowest BCUT2D eigenvalue weighted by molar-refractivity contribution is 0.636. The molecule has 0 fully saturated rings. The van der Waals surface area contributed by atoms with Crippen LogP contribution in [-0.4, -0.2) is 22.9 Å². The second kappa shape index (κ2) is 9.66. The summed E-state index contributed by atoms with van der Waals surface area (Å²) in [6.07, 6.45) is 7.42. The van der Waals surface area contributed by atoms with E-state index in [4.69, 9.17) is 11.5 Å². The first kappa shape index (κ1) is 22.4. The van der Waals surface area contributed by atoms with Crippen molar-refractivity contribution in [3.05, 3.63) is 81.6 Å². The summed E-state index contributed by atoms with van der Waals surface area (Å²) in [5.74, 6) is 0. The minimum Gasteiger partial charge on any atom is -0.402 e. The standard InChI is InChI=1S/C23H27N5O.CH3F/c1-15(24)5-8-20(25)16-9-11-28(23(29)12-16)17-6-7-18-19-14-26-10-3-4-21(19)27(2)22(18)13-17;1-2/h5-9,11-13,26H,3-4,10,14,24-25H2,1-2H3;1H3/b15-5-,20-8-;. The fourth-order valence-electron chi connectivity index (χ4n) is 4.01. The lowest BCUT2D eigenvalue weighted by Gasteiger charge is -2.09. The van der Waals surface area contributed by atoms with Crippen LogP contribution in [-0.2, 0) is 20.0 Å². The zero-order valence-corrected chi connectivity index (χ0v) is 18.3. The molecule has 0 unspecified atom stereocenters. The molecule has 0 spiro atoms. The Bertz CT molecular complexity index is 1200. The third-order valence-corrected chi connectivity index (χ3v) is 5.55. The number of alkyl halides is 1. The molecule has 0 radical (unpaired) electrons. The van der Waals surface area contributed by atoms with Crippen LogP contribution in [0.3, 0.4) is 0 Å². The first-order valence-electron chi connectivity index (χ1n) is 10.3. The first-order valence-corrected chi connectivity index (χ1v) is 10.3. The lowest BCUT2D eigenvalue weighted by Crippen LogP contribution is -2.18. The van der Waals surface area contributed by atoms with Crippen LogP contribution < -0.4 is 22.3 Å². The van der Waals surface area contributed by atoms with Gasteiger partial charge in [-0.2, -0.15) is 0 Å². The summed E-state index contributed by atoms with van der Waals surface area (Å²) in [4.78, 5) is 12.8. The molecule has 0 bridgehead atoms. The number of hydrogen-bond acceptors (Lipinski definition) is 4. The Morgan fingerprint density at radius 1 is 1.16 bits per heavy atom.